The summed E-state index contributed by atoms with van der Waals surface area (Å²) in [7, 11) is 2.08. The van der Waals surface area contributed by atoms with Crippen molar-refractivity contribution in [3.8, 4) is 0 Å². The molecule has 3 rings (SSSR count). The molecule has 1 aliphatic heterocycles. The molecule has 0 aliphatic carbocycles. The molecule has 5 nitrogen and oxygen atoms in total. The van der Waals surface area contributed by atoms with Gasteiger partial charge in [-0.15, -0.1) is 0 Å². The molecule has 0 unspecified atom stereocenters. The van der Waals surface area contributed by atoms with E-state index in [1.807, 2.05) is 40.8 Å². The monoisotopic (exact) mass is 258 g/mol. The van der Waals surface area contributed by atoms with E-state index in [-0.39, 0.29) is 5.91 Å². The summed E-state index contributed by atoms with van der Waals surface area (Å²) in [5.74, 6) is 0.0365. The van der Waals surface area contributed by atoms with Gasteiger partial charge in [0.1, 0.15) is 11.3 Å². The number of nitrogens with zero attached hydrogens (tertiary/aromatic N) is 4. The van der Waals surface area contributed by atoms with Crippen LogP contribution < -0.4 is 0 Å². The topological polar surface area (TPSA) is 40.9 Å². The second kappa shape index (κ2) is 4.66. The zero-order valence-electron chi connectivity index (χ0n) is 11.3. The minimum atomic E-state index is 0.0365. The molecule has 0 spiro atoms. The molecule has 0 aromatic carbocycles. The Hall–Kier alpha value is -1.88. The number of imidazole rings is 1. The smallest absolute Gasteiger partial charge is 0.274 e. The zero-order valence-corrected chi connectivity index (χ0v) is 11.3. The SMILES string of the molecule is Cc1ccn2cc(C(=O)N3CCN(C)CC3)nc2c1. The quantitative estimate of drug-likeness (QED) is 0.767. The van der Waals surface area contributed by atoms with E-state index in [2.05, 4.69) is 16.9 Å². The van der Waals surface area contributed by atoms with Crippen molar-refractivity contribution in [2.45, 2.75) is 6.92 Å². The Balaban J connectivity index is 1.85. The molecule has 1 saturated heterocycles. The van der Waals surface area contributed by atoms with Crippen LogP contribution in [0.25, 0.3) is 5.65 Å². The predicted molar refractivity (Wildman–Crippen MR) is 73.3 cm³/mol. The molecule has 19 heavy (non-hydrogen) atoms. The van der Waals surface area contributed by atoms with Gasteiger partial charge in [-0.1, -0.05) is 0 Å². The van der Waals surface area contributed by atoms with E-state index in [1.54, 1.807) is 0 Å². The number of amides is 1. The standard InChI is InChI=1S/C14H18N4O/c1-11-3-4-18-10-12(15-13(18)9-11)14(19)17-7-5-16(2)6-8-17/h3-4,9-10H,5-8H2,1-2H3. The Morgan fingerprint density at radius 3 is 2.74 bits per heavy atom. The third kappa shape index (κ3) is 2.33. The summed E-state index contributed by atoms with van der Waals surface area (Å²) in [6.45, 7) is 5.44. The molecule has 0 N–H and O–H groups in total. The van der Waals surface area contributed by atoms with Crippen molar-refractivity contribution >= 4 is 11.6 Å². The highest BCUT2D eigenvalue weighted by Gasteiger charge is 2.22. The van der Waals surface area contributed by atoms with Gasteiger partial charge < -0.3 is 14.2 Å². The van der Waals surface area contributed by atoms with Gasteiger partial charge in [0, 0.05) is 38.6 Å². The number of aryl methyl sites for hydroxylation is 1. The van der Waals surface area contributed by atoms with Gasteiger partial charge in [0.05, 0.1) is 0 Å². The second-order valence-electron chi connectivity index (χ2n) is 5.19. The summed E-state index contributed by atoms with van der Waals surface area (Å²) in [6, 6.07) is 4.00. The Morgan fingerprint density at radius 1 is 1.26 bits per heavy atom. The maximum absolute atomic E-state index is 12.4. The van der Waals surface area contributed by atoms with Gasteiger partial charge in [-0.2, -0.15) is 0 Å². The van der Waals surface area contributed by atoms with E-state index in [4.69, 9.17) is 0 Å². The minimum absolute atomic E-state index is 0.0365. The van der Waals surface area contributed by atoms with Gasteiger partial charge in [-0.05, 0) is 31.7 Å². The molecule has 2 aromatic heterocycles. The average Bonchev–Trinajstić information content (AvgIpc) is 2.81. The second-order valence-corrected chi connectivity index (χ2v) is 5.19. The fourth-order valence-corrected chi connectivity index (χ4v) is 2.36. The number of hydrogen-bond donors (Lipinski definition) is 0. The van der Waals surface area contributed by atoms with Crippen molar-refractivity contribution in [2.24, 2.45) is 0 Å². The molecule has 100 valence electrons. The lowest BCUT2D eigenvalue weighted by Crippen LogP contribution is -2.47. The lowest BCUT2D eigenvalue weighted by Gasteiger charge is -2.31. The Morgan fingerprint density at radius 2 is 2.00 bits per heavy atom. The van der Waals surface area contributed by atoms with Crippen molar-refractivity contribution < 1.29 is 4.79 Å². The van der Waals surface area contributed by atoms with E-state index in [9.17, 15) is 4.79 Å². The van der Waals surface area contributed by atoms with Crippen LogP contribution in [-0.4, -0.2) is 58.3 Å². The van der Waals surface area contributed by atoms with E-state index >= 15 is 0 Å². The summed E-state index contributed by atoms with van der Waals surface area (Å²) in [6.07, 6.45) is 3.76. The number of carbonyl (C=O) groups excluding carboxylic acids is 1. The first-order valence-electron chi connectivity index (χ1n) is 6.57. The molecular formula is C14H18N4O. The van der Waals surface area contributed by atoms with Crippen molar-refractivity contribution in [3.63, 3.8) is 0 Å². The van der Waals surface area contributed by atoms with Crippen LogP contribution in [0.1, 0.15) is 16.1 Å². The molecule has 0 saturated carbocycles. The van der Waals surface area contributed by atoms with Crippen LogP contribution in [0.2, 0.25) is 0 Å². The number of fused-ring (bicyclic) bond motifs is 1. The number of rotatable bonds is 1. The van der Waals surface area contributed by atoms with Gasteiger partial charge in [0.2, 0.25) is 0 Å². The van der Waals surface area contributed by atoms with Crippen molar-refractivity contribution in [2.75, 3.05) is 33.2 Å². The van der Waals surface area contributed by atoms with E-state index in [1.165, 1.54) is 0 Å². The van der Waals surface area contributed by atoms with Crippen molar-refractivity contribution in [1.82, 2.24) is 19.2 Å². The first kappa shape index (κ1) is 12.2. The highest BCUT2D eigenvalue weighted by Crippen LogP contribution is 2.11. The molecule has 1 fully saturated rings. The van der Waals surface area contributed by atoms with Gasteiger partial charge >= 0.3 is 0 Å². The number of aromatic nitrogens is 2. The maximum Gasteiger partial charge on any atom is 0.274 e. The third-order valence-corrected chi connectivity index (χ3v) is 3.63. The third-order valence-electron chi connectivity index (χ3n) is 3.63. The molecule has 0 radical (unpaired) electrons. The Bertz CT molecular complexity index is 611. The van der Waals surface area contributed by atoms with Gasteiger partial charge in [-0.3, -0.25) is 4.79 Å². The van der Waals surface area contributed by atoms with Crippen LogP contribution in [0.5, 0.6) is 0 Å². The van der Waals surface area contributed by atoms with Crippen molar-refractivity contribution in [1.29, 1.82) is 0 Å². The molecule has 1 aliphatic rings. The maximum atomic E-state index is 12.4. The summed E-state index contributed by atoms with van der Waals surface area (Å²) in [4.78, 5) is 20.9. The van der Waals surface area contributed by atoms with E-state index in [0.717, 1.165) is 37.4 Å². The molecule has 0 atom stereocenters. The highest BCUT2D eigenvalue weighted by atomic mass is 16.2. The molecule has 1 amide bonds. The summed E-state index contributed by atoms with van der Waals surface area (Å²) >= 11 is 0. The summed E-state index contributed by atoms with van der Waals surface area (Å²) < 4.78 is 1.90. The minimum Gasteiger partial charge on any atom is -0.335 e. The molecule has 5 heteroatoms. The molecular weight excluding hydrogens is 240 g/mol. The predicted octanol–water partition coefficient (Wildman–Crippen LogP) is 1.03. The van der Waals surface area contributed by atoms with Crippen molar-refractivity contribution in [3.05, 3.63) is 35.8 Å². The first-order chi connectivity index (χ1) is 9.13. The van der Waals surface area contributed by atoms with Crippen LogP contribution >= 0.6 is 0 Å². The first-order valence-corrected chi connectivity index (χ1v) is 6.57. The Labute approximate surface area is 112 Å². The summed E-state index contributed by atoms with van der Waals surface area (Å²) in [5, 5.41) is 0. The van der Waals surface area contributed by atoms with E-state index < -0.39 is 0 Å². The van der Waals surface area contributed by atoms with Crippen LogP contribution in [-0.2, 0) is 0 Å². The normalized spacial score (nSPS) is 17.1. The zero-order chi connectivity index (χ0) is 13.4. The number of carbonyl (C=O) groups is 1. The number of likely N-dealkylation sites (N-methyl/N-ethyl adjacent to an activating group) is 1. The molecule has 2 aromatic rings. The molecule has 3 heterocycles. The van der Waals surface area contributed by atoms with Gasteiger partial charge in [0.25, 0.3) is 5.91 Å². The fraction of sp³-hybridized carbons (Fsp3) is 0.429. The summed E-state index contributed by atoms with van der Waals surface area (Å²) in [5.41, 5.74) is 2.52. The van der Waals surface area contributed by atoms with Crippen LogP contribution in [0.3, 0.4) is 0 Å². The van der Waals surface area contributed by atoms with Crippen LogP contribution in [0, 0.1) is 6.92 Å². The van der Waals surface area contributed by atoms with Gasteiger partial charge in [-0.25, -0.2) is 4.98 Å². The number of piperazine rings is 1. The van der Waals surface area contributed by atoms with Crippen LogP contribution in [0.15, 0.2) is 24.5 Å². The number of pyridine rings is 1. The highest BCUT2D eigenvalue weighted by molar-refractivity contribution is 5.93. The number of hydrogen-bond acceptors (Lipinski definition) is 3. The fourth-order valence-electron chi connectivity index (χ4n) is 2.36. The largest absolute Gasteiger partial charge is 0.335 e. The molecule has 0 bridgehead atoms. The van der Waals surface area contributed by atoms with Gasteiger partial charge in [0.15, 0.2) is 0 Å². The van der Waals surface area contributed by atoms with E-state index in [0.29, 0.717) is 5.69 Å². The Kier molecular flexibility index (Phi) is 2.98. The lowest BCUT2D eigenvalue weighted by molar-refractivity contribution is 0.0659. The average molecular weight is 258 g/mol. The lowest BCUT2D eigenvalue weighted by atomic mass is 10.3. The van der Waals surface area contributed by atoms with Crippen LogP contribution in [0.4, 0.5) is 0 Å².